The summed E-state index contributed by atoms with van der Waals surface area (Å²) >= 11 is 9.62. The SMILES string of the molecule is COc1ccc(C(C)Nc2cc(Cl)c(C)cc2Br)c(F)c1. The second kappa shape index (κ2) is 6.67. The van der Waals surface area contributed by atoms with Gasteiger partial charge in [0.15, 0.2) is 0 Å². The Hall–Kier alpha value is -1.26. The molecule has 2 aromatic carbocycles. The molecule has 1 atom stereocenters. The van der Waals surface area contributed by atoms with E-state index in [0.29, 0.717) is 16.3 Å². The lowest BCUT2D eigenvalue weighted by Crippen LogP contribution is -2.09. The van der Waals surface area contributed by atoms with Crippen molar-refractivity contribution in [3.8, 4) is 5.75 Å². The first-order valence-corrected chi connectivity index (χ1v) is 7.65. The van der Waals surface area contributed by atoms with Crippen LogP contribution in [0.4, 0.5) is 10.1 Å². The summed E-state index contributed by atoms with van der Waals surface area (Å²) in [6.45, 7) is 3.83. The number of halogens is 3. The van der Waals surface area contributed by atoms with Gasteiger partial charge in [-0.25, -0.2) is 4.39 Å². The lowest BCUT2D eigenvalue weighted by Gasteiger charge is -2.18. The standard InChI is InChI=1S/C16H16BrClFNO/c1-9-6-13(17)16(8-14(9)18)20-10(2)12-5-4-11(21-3)7-15(12)19/h4-8,10,20H,1-3H3. The highest BCUT2D eigenvalue weighted by atomic mass is 79.9. The quantitative estimate of drug-likeness (QED) is 0.740. The van der Waals surface area contributed by atoms with Crippen LogP contribution < -0.4 is 10.1 Å². The molecule has 2 rings (SSSR count). The molecule has 0 aliphatic rings. The Balaban J connectivity index is 2.26. The molecule has 0 bridgehead atoms. The third kappa shape index (κ3) is 3.69. The van der Waals surface area contributed by atoms with Gasteiger partial charge in [-0.15, -0.1) is 0 Å². The third-order valence-corrected chi connectivity index (χ3v) is 4.36. The van der Waals surface area contributed by atoms with Gasteiger partial charge in [-0.3, -0.25) is 0 Å². The predicted octanol–water partition coefficient (Wildman–Crippen LogP) is 5.73. The number of ether oxygens (including phenoxy) is 1. The first kappa shape index (κ1) is 16.1. The van der Waals surface area contributed by atoms with E-state index in [1.54, 1.807) is 12.1 Å². The molecule has 2 nitrogen and oxygen atoms in total. The molecule has 0 heterocycles. The number of hydrogen-bond donors (Lipinski definition) is 1. The normalized spacial score (nSPS) is 12.1. The van der Waals surface area contributed by atoms with Gasteiger partial charge >= 0.3 is 0 Å². The number of anilines is 1. The third-order valence-electron chi connectivity index (χ3n) is 3.29. The van der Waals surface area contributed by atoms with Gasteiger partial charge in [0, 0.05) is 21.1 Å². The molecule has 0 aliphatic heterocycles. The molecule has 0 spiro atoms. The predicted molar refractivity (Wildman–Crippen MR) is 88.9 cm³/mol. The number of nitrogens with one attached hydrogen (secondary N) is 1. The Morgan fingerprint density at radius 2 is 2.00 bits per heavy atom. The molecule has 21 heavy (non-hydrogen) atoms. The van der Waals surface area contributed by atoms with Gasteiger partial charge < -0.3 is 10.1 Å². The topological polar surface area (TPSA) is 21.3 Å². The maximum Gasteiger partial charge on any atom is 0.132 e. The van der Waals surface area contributed by atoms with Crippen LogP contribution in [-0.2, 0) is 0 Å². The highest BCUT2D eigenvalue weighted by Gasteiger charge is 2.14. The average Bonchev–Trinajstić information content (AvgIpc) is 2.44. The molecule has 0 saturated carbocycles. The molecular formula is C16H16BrClFNO. The van der Waals surface area contributed by atoms with E-state index in [2.05, 4.69) is 21.2 Å². The maximum absolute atomic E-state index is 14.1. The second-order valence-electron chi connectivity index (χ2n) is 4.83. The number of aryl methyl sites for hydroxylation is 1. The van der Waals surface area contributed by atoms with E-state index in [9.17, 15) is 4.39 Å². The summed E-state index contributed by atoms with van der Waals surface area (Å²) in [7, 11) is 1.52. The van der Waals surface area contributed by atoms with Crippen molar-refractivity contribution in [2.75, 3.05) is 12.4 Å². The van der Waals surface area contributed by atoms with Crippen LogP contribution >= 0.6 is 27.5 Å². The molecule has 0 fully saturated rings. The van der Waals surface area contributed by atoms with Crippen molar-refractivity contribution in [3.63, 3.8) is 0 Å². The Morgan fingerprint density at radius 3 is 2.62 bits per heavy atom. The largest absolute Gasteiger partial charge is 0.497 e. The number of benzene rings is 2. The highest BCUT2D eigenvalue weighted by molar-refractivity contribution is 9.10. The van der Waals surface area contributed by atoms with Crippen molar-refractivity contribution in [1.29, 1.82) is 0 Å². The molecule has 5 heteroatoms. The zero-order valence-corrected chi connectivity index (χ0v) is 14.3. The van der Waals surface area contributed by atoms with Crippen LogP contribution in [0.3, 0.4) is 0 Å². The van der Waals surface area contributed by atoms with Gasteiger partial charge in [-0.2, -0.15) is 0 Å². The van der Waals surface area contributed by atoms with E-state index in [0.717, 1.165) is 15.7 Å². The monoisotopic (exact) mass is 371 g/mol. The fraction of sp³-hybridized carbons (Fsp3) is 0.250. The highest BCUT2D eigenvalue weighted by Crippen LogP contribution is 2.32. The van der Waals surface area contributed by atoms with Crippen LogP contribution in [0.2, 0.25) is 5.02 Å². The van der Waals surface area contributed by atoms with Gasteiger partial charge in [-0.05, 0) is 53.5 Å². The molecule has 112 valence electrons. The van der Waals surface area contributed by atoms with Gasteiger partial charge in [-0.1, -0.05) is 17.7 Å². The summed E-state index contributed by atoms with van der Waals surface area (Å²) in [5.74, 6) is 0.201. The van der Waals surface area contributed by atoms with Crippen molar-refractivity contribution in [1.82, 2.24) is 0 Å². The summed E-state index contributed by atoms with van der Waals surface area (Å²) in [5.41, 5.74) is 2.38. The fourth-order valence-electron chi connectivity index (χ4n) is 2.05. The minimum Gasteiger partial charge on any atom is -0.497 e. The van der Waals surface area contributed by atoms with E-state index in [1.807, 2.05) is 26.0 Å². The minimum atomic E-state index is -0.302. The lowest BCUT2D eigenvalue weighted by atomic mass is 10.1. The summed E-state index contributed by atoms with van der Waals surface area (Å²) in [5, 5.41) is 3.93. The van der Waals surface area contributed by atoms with E-state index < -0.39 is 0 Å². The molecule has 0 amide bonds. The summed E-state index contributed by atoms with van der Waals surface area (Å²) < 4.78 is 20.0. The van der Waals surface area contributed by atoms with E-state index in [1.165, 1.54) is 13.2 Å². The zero-order valence-electron chi connectivity index (χ0n) is 12.0. The van der Waals surface area contributed by atoms with Crippen LogP contribution in [0.1, 0.15) is 24.1 Å². The molecule has 2 aromatic rings. The smallest absolute Gasteiger partial charge is 0.132 e. The number of rotatable bonds is 4. The fourth-order valence-corrected chi connectivity index (χ4v) is 2.79. The average molecular weight is 373 g/mol. The zero-order chi connectivity index (χ0) is 15.6. The van der Waals surface area contributed by atoms with Crippen molar-refractivity contribution in [3.05, 3.63) is 56.8 Å². The van der Waals surface area contributed by atoms with Crippen LogP contribution in [0, 0.1) is 12.7 Å². The van der Waals surface area contributed by atoms with Crippen molar-refractivity contribution < 1.29 is 9.13 Å². The van der Waals surface area contributed by atoms with Gasteiger partial charge in [0.25, 0.3) is 0 Å². The second-order valence-corrected chi connectivity index (χ2v) is 6.10. The Kier molecular flexibility index (Phi) is 5.12. The summed E-state index contributed by atoms with van der Waals surface area (Å²) in [6.07, 6.45) is 0. The molecule has 0 aromatic heterocycles. The minimum absolute atomic E-state index is 0.203. The summed E-state index contributed by atoms with van der Waals surface area (Å²) in [6, 6.07) is 8.40. The van der Waals surface area contributed by atoms with E-state index >= 15 is 0 Å². The Labute approximate surface area is 137 Å². The first-order chi connectivity index (χ1) is 9.92. The number of hydrogen-bond acceptors (Lipinski definition) is 2. The van der Waals surface area contributed by atoms with Crippen LogP contribution in [0.25, 0.3) is 0 Å². The first-order valence-electron chi connectivity index (χ1n) is 6.48. The molecule has 1 unspecified atom stereocenters. The molecule has 0 radical (unpaired) electrons. The van der Waals surface area contributed by atoms with Gasteiger partial charge in [0.1, 0.15) is 11.6 Å². The van der Waals surface area contributed by atoms with Gasteiger partial charge in [0.2, 0.25) is 0 Å². The molecule has 1 N–H and O–H groups in total. The van der Waals surface area contributed by atoms with E-state index in [-0.39, 0.29) is 11.9 Å². The van der Waals surface area contributed by atoms with Crippen molar-refractivity contribution >= 4 is 33.2 Å². The molecular weight excluding hydrogens is 357 g/mol. The van der Waals surface area contributed by atoms with Crippen molar-refractivity contribution in [2.45, 2.75) is 19.9 Å². The van der Waals surface area contributed by atoms with E-state index in [4.69, 9.17) is 16.3 Å². The van der Waals surface area contributed by atoms with Crippen molar-refractivity contribution in [2.24, 2.45) is 0 Å². The Morgan fingerprint density at radius 1 is 1.29 bits per heavy atom. The molecule has 0 saturated heterocycles. The summed E-state index contributed by atoms with van der Waals surface area (Å²) in [4.78, 5) is 0. The lowest BCUT2D eigenvalue weighted by molar-refractivity contribution is 0.410. The van der Waals surface area contributed by atoms with Crippen LogP contribution in [-0.4, -0.2) is 7.11 Å². The van der Waals surface area contributed by atoms with Crippen LogP contribution in [0.15, 0.2) is 34.8 Å². The molecule has 0 aliphatic carbocycles. The maximum atomic E-state index is 14.1. The van der Waals surface area contributed by atoms with Gasteiger partial charge in [0.05, 0.1) is 18.8 Å². The van der Waals surface area contributed by atoms with Crippen LogP contribution in [0.5, 0.6) is 5.75 Å². The number of methoxy groups -OCH3 is 1. The Bertz CT molecular complexity index is 663.